The van der Waals surface area contributed by atoms with Gasteiger partial charge in [0.2, 0.25) is 0 Å². The third-order valence-electron chi connectivity index (χ3n) is 2.27. The van der Waals surface area contributed by atoms with Crippen LogP contribution in [-0.2, 0) is 9.53 Å². The van der Waals surface area contributed by atoms with Gasteiger partial charge in [-0.05, 0) is 11.8 Å². The molecule has 0 aliphatic heterocycles. The van der Waals surface area contributed by atoms with Crippen molar-refractivity contribution in [1.29, 1.82) is 0 Å². The minimum absolute atomic E-state index is 0.329. The third-order valence-corrected chi connectivity index (χ3v) is 2.27. The highest BCUT2D eigenvalue weighted by Gasteiger charge is 2.11. The summed E-state index contributed by atoms with van der Waals surface area (Å²) in [5.74, 6) is 0.701. The topological polar surface area (TPSA) is 26.3 Å². The summed E-state index contributed by atoms with van der Waals surface area (Å²) in [7, 11) is 0. The van der Waals surface area contributed by atoms with Crippen LogP contribution in [0, 0.1) is 11.8 Å². The van der Waals surface area contributed by atoms with Crippen molar-refractivity contribution in [2.24, 2.45) is 11.8 Å². The lowest BCUT2D eigenvalue weighted by molar-refractivity contribution is -0.139. The standard InChI is InChI=1S/C10H18O2/c1-5-8(3)9(4)7-12-10(11)6-2/h6,8-9H,2,5,7H2,1,3-4H3. The second-order valence-electron chi connectivity index (χ2n) is 3.20. The van der Waals surface area contributed by atoms with Crippen LogP contribution in [0.1, 0.15) is 27.2 Å². The van der Waals surface area contributed by atoms with E-state index in [4.69, 9.17) is 4.74 Å². The summed E-state index contributed by atoms with van der Waals surface area (Å²) in [6.45, 7) is 10.2. The maximum absolute atomic E-state index is 10.7. The predicted molar refractivity (Wildman–Crippen MR) is 49.8 cm³/mol. The molecular formula is C10H18O2. The summed E-state index contributed by atoms with van der Waals surface area (Å²) in [6.07, 6.45) is 2.32. The van der Waals surface area contributed by atoms with E-state index in [1.54, 1.807) is 0 Å². The molecule has 0 aromatic heterocycles. The molecule has 0 saturated heterocycles. The van der Waals surface area contributed by atoms with E-state index < -0.39 is 0 Å². The SMILES string of the molecule is C=CC(=O)OCC(C)C(C)CC. The van der Waals surface area contributed by atoms with Crippen molar-refractivity contribution < 1.29 is 9.53 Å². The molecule has 70 valence electrons. The van der Waals surface area contributed by atoms with Gasteiger partial charge in [0.1, 0.15) is 0 Å². The number of ether oxygens (including phenoxy) is 1. The van der Waals surface area contributed by atoms with Gasteiger partial charge in [0, 0.05) is 6.08 Å². The van der Waals surface area contributed by atoms with Crippen molar-refractivity contribution >= 4 is 5.97 Å². The maximum atomic E-state index is 10.7. The van der Waals surface area contributed by atoms with E-state index in [9.17, 15) is 4.79 Å². The molecule has 2 heteroatoms. The molecule has 0 aliphatic rings. The normalized spacial score (nSPS) is 14.9. The fraction of sp³-hybridized carbons (Fsp3) is 0.700. The van der Waals surface area contributed by atoms with Crippen molar-refractivity contribution in [3.05, 3.63) is 12.7 Å². The van der Waals surface area contributed by atoms with Crippen LogP contribution in [0.2, 0.25) is 0 Å². The van der Waals surface area contributed by atoms with Crippen LogP contribution in [0.3, 0.4) is 0 Å². The third kappa shape index (κ3) is 4.16. The Morgan fingerprint density at radius 1 is 1.50 bits per heavy atom. The average Bonchev–Trinajstić information content (AvgIpc) is 2.11. The molecule has 2 unspecified atom stereocenters. The summed E-state index contributed by atoms with van der Waals surface area (Å²) in [5.41, 5.74) is 0. The molecule has 0 rings (SSSR count). The first-order valence-corrected chi connectivity index (χ1v) is 4.41. The maximum Gasteiger partial charge on any atom is 0.330 e. The van der Waals surface area contributed by atoms with Crippen molar-refractivity contribution in [2.45, 2.75) is 27.2 Å². The molecular weight excluding hydrogens is 152 g/mol. The monoisotopic (exact) mass is 170 g/mol. The van der Waals surface area contributed by atoms with Crippen molar-refractivity contribution in [2.75, 3.05) is 6.61 Å². The van der Waals surface area contributed by atoms with Crippen molar-refractivity contribution in [1.82, 2.24) is 0 Å². The fourth-order valence-electron chi connectivity index (χ4n) is 0.839. The quantitative estimate of drug-likeness (QED) is 0.468. The highest BCUT2D eigenvalue weighted by Crippen LogP contribution is 2.14. The Hall–Kier alpha value is -0.790. The molecule has 0 heterocycles. The second-order valence-corrected chi connectivity index (χ2v) is 3.20. The summed E-state index contributed by atoms with van der Waals surface area (Å²) < 4.78 is 4.92. The minimum Gasteiger partial charge on any atom is -0.462 e. The van der Waals surface area contributed by atoms with E-state index in [1.807, 2.05) is 0 Å². The molecule has 2 nitrogen and oxygen atoms in total. The first-order chi connectivity index (χ1) is 5.61. The zero-order chi connectivity index (χ0) is 9.56. The van der Waals surface area contributed by atoms with E-state index in [0.29, 0.717) is 18.4 Å². The van der Waals surface area contributed by atoms with Gasteiger partial charge in [0.05, 0.1) is 6.61 Å². The molecule has 0 amide bonds. The molecule has 0 N–H and O–H groups in total. The molecule has 0 aromatic rings. The number of hydrogen-bond acceptors (Lipinski definition) is 2. The number of hydrogen-bond donors (Lipinski definition) is 0. The minimum atomic E-state index is -0.329. The van der Waals surface area contributed by atoms with Crippen molar-refractivity contribution in [3.8, 4) is 0 Å². The molecule has 0 spiro atoms. The van der Waals surface area contributed by atoms with Crippen LogP contribution in [0.5, 0.6) is 0 Å². The summed E-state index contributed by atoms with van der Waals surface area (Å²) in [4.78, 5) is 10.7. The number of esters is 1. The fourth-order valence-corrected chi connectivity index (χ4v) is 0.839. The van der Waals surface area contributed by atoms with Crippen LogP contribution in [0.4, 0.5) is 0 Å². The van der Waals surface area contributed by atoms with Crippen molar-refractivity contribution in [3.63, 3.8) is 0 Å². The molecule has 0 fully saturated rings. The lowest BCUT2D eigenvalue weighted by Crippen LogP contribution is -2.16. The first-order valence-electron chi connectivity index (χ1n) is 4.41. The Balaban J connectivity index is 3.62. The molecule has 0 aromatic carbocycles. The van der Waals surface area contributed by atoms with Gasteiger partial charge >= 0.3 is 5.97 Å². The Bertz CT molecular complexity index is 152. The van der Waals surface area contributed by atoms with E-state index in [-0.39, 0.29) is 5.97 Å². The Labute approximate surface area is 74.6 Å². The van der Waals surface area contributed by atoms with Crippen LogP contribution < -0.4 is 0 Å². The number of rotatable bonds is 5. The molecule has 12 heavy (non-hydrogen) atoms. The molecule has 0 aliphatic carbocycles. The van der Waals surface area contributed by atoms with Crippen LogP contribution in [0.15, 0.2) is 12.7 Å². The first kappa shape index (κ1) is 11.2. The van der Waals surface area contributed by atoms with Gasteiger partial charge in [-0.1, -0.05) is 33.8 Å². The zero-order valence-electron chi connectivity index (χ0n) is 8.17. The van der Waals surface area contributed by atoms with Gasteiger partial charge in [-0.25, -0.2) is 4.79 Å². The Morgan fingerprint density at radius 3 is 2.50 bits per heavy atom. The molecule has 0 bridgehead atoms. The van der Waals surface area contributed by atoms with Crippen LogP contribution in [0.25, 0.3) is 0 Å². The van der Waals surface area contributed by atoms with Gasteiger partial charge in [0.15, 0.2) is 0 Å². The van der Waals surface area contributed by atoms with Crippen LogP contribution >= 0.6 is 0 Å². The van der Waals surface area contributed by atoms with Gasteiger partial charge < -0.3 is 4.74 Å². The zero-order valence-corrected chi connectivity index (χ0v) is 8.17. The lowest BCUT2D eigenvalue weighted by Gasteiger charge is -2.17. The number of carbonyl (C=O) groups excluding carboxylic acids is 1. The van der Waals surface area contributed by atoms with E-state index in [2.05, 4.69) is 27.4 Å². The second kappa shape index (κ2) is 5.81. The highest BCUT2D eigenvalue weighted by molar-refractivity contribution is 5.81. The molecule has 2 atom stereocenters. The smallest absolute Gasteiger partial charge is 0.330 e. The summed E-state index contributed by atoms with van der Waals surface area (Å²) in [5, 5.41) is 0. The Morgan fingerprint density at radius 2 is 2.08 bits per heavy atom. The average molecular weight is 170 g/mol. The van der Waals surface area contributed by atoms with Gasteiger partial charge in [-0.15, -0.1) is 0 Å². The van der Waals surface area contributed by atoms with E-state index in [1.165, 1.54) is 6.08 Å². The molecule has 0 saturated carbocycles. The number of carbonyl (C=O) groups is 1. The van der Waals surface area contributed by atoms with E-state index in [0.717, 1.165) is 6.42 Å². The van der Waals surface area contributed by atoms with Gasteiger partial charge in [0.25, 0.3) is 0 Å². The largest absolute Gasteiger partial charge is 0.462 e. The predicted octanol–water partition coefficient (Wildman–Crippen LogP) is 2.40. The summed E-state index contributed by atoms with van der Waals surface area (Å²) in [6, 6.07) is 0. The van der Waals surface area contributed by atoms with Crippen LogP contribution in [-0.4, -0.2) is 12.6 Å². The molecule has 0 radical (unpaired) electrons. The van der Waals surface area contributed by atoms with E-state index >= 15 is 0 Å². The van der Waals surface area contributed by atoms with Gasteiger partial charge in [-0.2, -0.15) is 0 Å². The van der Waals surface area contributed by atoms with Gasteiger partial charge in [-0.3, -0.25) is 0 Å². The summed E-state index contributed by atoms with van der Waals surface area (Å²) >= 11 is 0. The lowest BCUT2D eigenvalue weighted by atomic mass is 9.95. The Kier molecular flexibility index (Phi) is 5.43. The highest BCUT2D eigenvalue weighted by atomic mass is 16.5.